The highest BCUT2D eigenvalue weighted by atomic mass is 35.5. The van der Waals surface area contributed by atoms with Crippen molar-refractivity contribution >= 4 is 29.1 Å². The molecule has 1 saturated heterocycles. The number of carbonyl (C=O) groups is 2. The quantitative estimate of drug-likeness (QED) is 0.792. The van der Waals surface area contributed by atoms with Crippen molar-refractivity contribution in [2.75, 3.05) is 4.90 Å². The largest absolute Gasteiger partial charge is 0.274 e. The minimum Gasteiger partial charge on any atom is -0.274 e. The van der Waals surface area contributed by atoms with E-state index < -0.39 is 0 Å². The number of carbonyl (C=O) groups excluding carboxylic acids is 2. The molecule has 106 valence electrons. The van der Waals surface area contributed by atoms with Gasteiger partial charge in [0.15, 0.2) is 0 Å². The first-order valence-electron chi connectivity index (χ1n) is 6.81. The van der Waals surface area contributed by atoms with Crippen LogP contribution in [0.1, 0.15) is 24.3 Å². The van der Waals surface area contributed by atoms with Crippen molar-refractivity contribution in [1.29, 1.82) is 0 Å². The number of nitrogens with zero attached hydrogens (tertiary/aromatic N) is 1. The van der Waals surface area contributed by atoms with Crippen molar-refractivity contribution in [1.82, 2.24) is 0 Å². The summed E-state index contributed by atoms with van der Waals surface area (Å²) in [5.41, 5.74) is 1.62. The summed E-state index contributed by atoms with van der Waals surface area (Å²) < 4.78 is 0. The van der Waals surface area contributed by atoms with Crippen LogP contribution in [0.15, 0.2) is 54.6 Å². The van der Waals surface area contributed by atoms with E-state index in [0.29, 0.717) is 23.6 Å². The van der Waals surface area contributed by atoms with Gasteiger partial charge in [0.2, 0.25) is 11.8 Å². The molecular formula is C17H14ClNO2. The molecule has 4 heteroatoms. The van der Waals surface area contributed by atoms with E-state index in [9.17, 15) is 9.59 Å². The zero-order chi connectivity index (χ0) is 14.8. The summed E-state index contributed by atoms with van der Waals surface area (Å²) in [5, 5.41) is 0.581. The Bertz CT molecular complexity index is 649. The minimum atomic E-state index is -0.164. The molecule has 1 aliphatic rings. The van der Waals surface area contributed by atoms with Crippen molar-refractivity contribution < 1.29 is 9.59 Å². The average molecular weight is 300 g/mol. The molecule has 0 atom stereocenters. The topological polar surface area (TPSA) is 37.4 Å². The Balaban J connectivity index is 1.84. The number of imide groups is 1. The van der Waals surface area contributed by atoms with Gasteiger partial charge >= 0.3 is 0 Å². The van der Waals surface area contributed by atoms with Crippen LogP contribution < -0.4 is 4.90 Å². The molecule has 0 unspecified atom stereocenters. The van der Waals surface area contributed by atoms with Gasteiger partial charge in [-0.25, -0.2) is 0 Å². The maximum Gasteiger partial charge on any atom is 0.234 e. The van der Waals surface area contributed by atoms with Crippen LogP contribution in [0.2, 0.25) is 5.02 Å². The van der Waals surface area contributed by atoms with E-state index in [1.54, 1.807) is 24.3 Å². The van der Waals surface area contributed by atoms with Gasteiger partial charge in [0.1, 0.15) is 0 Å². The maximum absolute atomic E-state index is 12.3. The zero-order valence-corrected chi connectivity index (χ0v) is 12.1. The van der Waals surface area contributed by atoms with Crippen LogP contribution in [-0.4, -0.2) is 11.8 Å². The van der Waals surface area contributed by atoms with Crippen LogP contribution in [0.25, 0.3) is 0 Å². The molecule has 3 rings (SSSR count). The van der Waals surface area contributed by atoms with Gasteiger partial charge in [-0.15, -0.1) is 0 Å². The van der Waals surface area contributed by atoms with Crippen LogP contribution >= 0.6 is 11.6 Å². The fourth-order valence-electron chi connectivity index (χ4n) is 2.65. The van der Waals surface area contributed by atoms with E-state index in [1.165, 1.54) is 4.90 Å². The van der Waals surface area contributed by atoms with E-state index in [1.807, 2.05) is 30.3 Å². The molecule has 21 heavy (non-hydrogen) atoms. The lowest BCUT2D eigenvalue weighted by atomic mass is 9.88. The molecule has 1 fully saturated rings. The molecule has 0 bridgehead atoms. The van der Waals surface area contributed by atoms with Gasteiger partial charge in [-0.05, 0) is 29.8 Å². The Morgan fingerprint density at radius 2 is 1.43 bits per heavy atom. The highest BCUT2D eigenvalue weighted by Gasteiger charge is 2.34. The smallest absolute Gasteiger partial charge is 0.234 e. The summed E-state index contributed by atoms with van der Waals surface area (Å²) in [7, 11) is 0. The lowest BCUT2D eigenvalue weighted by Crippen LogP contribution is -2.42. The number of hydrogen-bond donors (Lipinski definition) is 0. The number of hydrogen-bond acceptors (Lipinski definition) is 2. The zero-order valence-electron chi connectivity index (χ0n) is 11.3. The Labute approximate surface area is 128 Å². The van der Waals surface area contributed by atoms with Gasteiger partial charge in [-0.2, -0.15) is 0 Å². The summed E-state index contributed by atoms with van der Waals surface area (Å²) in [4.78, 5) is 26.0. The molecule has 0 aromatic heterocycles. The van der Waals surface area contributed by atoms with Crippen LogP contribution in [0.3, 0.4) is 0 Å². The summed E-state index contributed by atoms with van der Waals surface area (Å²) in [5.74, 6) is -0.361. The number of halogens is 1. The third-order valence-electron chi connectivity index (χ3n) is 3.70. The predicted octanol–water partition coefficient (Wildman–Crippen LogP) is 3.78. The van der Waals surface area contributed by atoms with Gasteiger partial charge < -0.3 is 0 Å². The Morgan fingerprint density at radius 1 is 0.857 bits per heavy atom. The lowest BCUT2D eigenvalue weighted by molar-refractivity contribution is -0.129. The first kappa shape index (κ1) is 13.8. The second-order valence-corrected chi connectivity index (χ2v) is 5.55. The Hall–Kier alpha value is -2.13. The van der Waals surface area contributed by atoms with E-state index in [-0.39, 0.29) is 17.7 Å². The van der Waals surface area contributed by atoms with Crippen LogP contribution in [0.5, 0.6) is 0 Å². The third-order valence-corrected chi connectivity index (χ3v) is 3.95. The minimum absolute atomic E-state index is 0.0326. The van der Waals surface area contributed by atoms with Crippen molar-refractivity contribution in [3.8, 4) is 0 Å². The summed E-state index contributed by atoms with van der Waals surface area (Å²) in [6.07, 6.45) is 0.691. The molecule has 0 radical (unpaired) electrons. The normalized spacial score (nSPS) is 16.3. The van der Waals surface area contributed by atoms with Gasteiger partial charge in [0.25, 0.3) is 0 Å². The van der Waals surface area contributed by atoms with Gasteiger partial charge in [-0.3, -0.25) is 14.5 Å². The Morgan fingerprint density at radius 3 is 2.00 bits per heavy atom. The molecule has 0 aliphatic carbocycles. The van der Waals surface area contributed by atoms with E-state index in [2.05, 4.69) is 0 Å². The maximum atomic E-state index is 12.3. The molecule has 3 nitrogen and oxygen atoms in total. The summed E-state index contributed by atoms with van der Waals surface area (Å²) in [6, 6.07) is 16.5. The van der Waals surface area contributed by atoms with Crippen molar-refractivity contribution in [3.05, 3.63) is 65.2 Å². The van der Waals surface area contributed by atoms with Crippen LogP contribution in [-0.2, 0) is 9.59 Å². The van der Waals surface area contributed by atoms with Crippen LogP contribution in [0.4, 0.5) is 5.69 Å². The number of rotatable bonds is 2. The van der Waals surface area contributed by atoms with Crippen LogP contribution in [0, 0.1) is 0 Å². The molecule has 2 aromatic rings. The third kappa shape index (κ3) is 2.83. The summed E-state index contributed by atoms with van der Waals surface area (Å²) in [6.45, 7) is 0. The lowest BCUT2D eigenvalue weighted by Gasteiger charge is -2.30. The highest BCUT2D eigenvalue weighted by Crippen LogP contribution is 2.32. The van der Waals surface area contributed by atoms with Gasteiger partial charge in [-0.1, -0.05) is 41.9 Å². The number of piperidine rings is 1. The van der Waals surface area contributed by atoms with Gasteiger partial charge in [0, 0.05) is 23.8 Å². The molecule has 0 N–H and O–H groups in total. The molecule has 2 aromatic carbocycles. The second-order valence-electron chi connectivity index (χ2n) is 5.12. The first-order valence-corrected chi connectivity index (χ1v) is 7.19. The molecule has 0 spiro atoms. The van der Waals surface area contributed by atoms with Gasteiger partial charge in [0.05, 0.1) is 5.69 Å². The van der Waals surface area contributed by atoms with Crippen molar-refractivity contribution in [3.63, 3.8) is 0 Å². The standard InChI is InChI=1S/C17H14ClNO2/c18-14-6-8-15(9-7-14)19-16(20)10-13(11-17(19)21)12-4-2-1-3-5-12/h1-9,13H,10-11H2. The summed E-state index contributed by atoms with van der Waals surface area (Å²) >= 11 is 5.84. The van der Waals surface area contributed by atoms with E-state index in [4.69, 9.17) is 11.6 Å². The highest BCUT2D eigenvalue weighted by molar-refractivity contribution is 6.30. The number of benzene rings is 2. The Kier molecular flexibility index (Phi) is 3.76. The average Bonchev–Trinajstić information content (AvgIpc) is 2.49. The molecule has 1 aliphatic heterocycles. The van der Waals surface area contributed by atoms with E-state index in [0.717, 1.165) is 5.56 Å². The monoisotopic (exact) mass is 299 g/mol. The fourth-order valence-corrected chi connectivity index (χ4v) is 2.78. The fraction of sp³-hybridized carbons (Fsp3) is 0.176. The number of amides is 2. The molecule has 0 saturated carbocycles. The molecule has 1 heterocycles. The SMILES string of the molecule is O=C1CC(c2ccccc2)CC(=O)N1c1ccc(Cl)cc1. The van der Waals surface area contributed by atoms with Crippen molar-refractivity contribution in [2.45, 2.75) is 18.8 Å². The predicted molar refractivity (Wildman–Crippen MR) is 82.4 cm³/mol. The van der Waals surface area contributed by atoms with E-state index >= 15 is 0 Å². The first-order chi connectivity index (χ1) is 10.1. The molecule has 2 amide bonds. The second kappa shape index (κ2) is 5.70. The number of anilines is 1. The van der Waals surface area contributed by atoms with Crippen molar-refractivity contribution in [2.24, 2.45) is 0 Å². The molecular weight excluding hydrogens is 286 g/mol.